The Bertz CT molecular complexity index is 698. The molecular formula is C18H25IN3O2P. The number of rotatable bonds is 4. The number of halogens is 1. The summed E-state index contributed by atoms with van der Waals surface area (Å²) < 4.78 is 5.45. The molecule has 1 aromatic carbocycles. The van der Waals surface area contributed by atoms with E-state index in [1.165, 1.54) is 17.4 Å². The van der Waals surface area contributed by atoms with Crippen LogP contribution in [0.4, 0.5) is 10.5 Å². The molecule has 0 spiro atoms. The van der Waals surface area contributed by atoms with Gasteiger partial charge in [0.2, 0.25) is 0 Å². The van der Waals surface area contributed by atoms with Crippen molar-refractivity contribution in [1.82, 2.24) is 4.90 Å². The Balaban J connectivity index is 2.19. The van der Waals surface area contributed by atoms with Crippen LogP contribution in [0.5, 0.6) is 0 Å². The van der Waals surface area contributed by atoms with Gasteiger partial charge in [-0.25, -0.2) is 4.79 Å². The number of nitrogens with one attached hydrogen (secondary N) is 2. The molecule has 0 saturated carbocycles. The Kier molecular flexibility index (Phi) is 6.86. The van der Waals surface area contributed by atoms with E-state index >= 15 is 0 Å². The Labute approximate surface area is 164 Å². The van der Waals surface area contributed by atoms with E-state index < -0.39 is 5.60 Å². The zero-order chi connectivity index (χ0) is 18.6. The summed E-state index contributed by atoms with van der Waals surface area (Å²) in [5.74, 6) is 0. The third-order valence-electron chi connectivity index (χ3n) is 3.94. The molecular weight excluding hydrogens is 448 g/mol. The van der Waals surface area contributed by atoms with Crippen LogP contribution in [0.15, 0.2) is 18.2 Å². The minimum absolute atomic E-state index is 0.257. The monoisotopic (exact) mass is 473 g/mol. The summed E-state index contributed by atoms with van der Waals surface area (Å²) in [6.45, 7) is 8.93. The summed E-state index contributed by atoms with van der Waals surface area (Å²) in [5.41, 5.74) is 5.00. The average Bonchev–Trinajstić information content (AvgIpc) is 2.55. The quantitative estimate of drug-likeness (QED) is 0.351. The fourth-order valence-corrected chi connectivity index (χ4v) is 3.95. The molecule has 0 fully saturated rings. The van der Waals surface area contributed by atoms with Crippen molar-refractivity contribution in [1.29, 1.82) is 5.41 Å². The Morgan fingerprint density at radius 2 is 2.16 bits per heavy atom. The lowest BCUT2D eigenvalue weighted by Gasteiger charge is -2.30. The molecule has 5 nitrogen and oxygen atoms in total. The maximum absolute atomic E-state index is 12.2. The lowest BCUT2D eigenvalue weighted by atomic mass is 9.93. The molecule has 0 bridgehead atoms. The third kappa shape index (κ3) is 5.42. The Morgan fingerprint density at radius 1 is 1.44 bits per heavy atom. The van der Waals surface area contributed by atoms with Crippen LogP contribution < -0.4 is 5.09 Å². The average molecular weight is 473 g/mol. The van der Waals surface area contributed by atoms with Crippen LogP contribution in [0.25, 0.3) is 5.57 Å². The Morgan fingerprint density at radius 3 is 2.68 bits per heavy atom. The summed E-state index contributed by atoms with van der Waals surface area (Å²) in [7, 11) is 0. The molecule has 1 atom stereocenters. The molecule has 0 aromatic heterocycles. The summed E-state index contributed by atoms with van der Waals surface area (Å²) in [6, 6.07) is 4.17. The summed E-state index contributed by atoms with van der Waals surface area (Å²) >= 11 is 2.29. The SMILES string of the molecule is Cc1cc(C=N)c(NPI)cc1C1=CCN(C(=O)OC(C)(C)C)CC1. The number of nitrogens with zero attached hydrogens (tertiary/aromatic N) is 1. The van der Waals surface area contributed by atoms with Crippen molar-refractivity contribution in [3.63, 3.8) is 0 Å². The molecule has 1 aliphatic rings. The maximum Gasteiger partial charge on any atom is 0.410 e. The predicted molar refractivity (Wildman–Crippen MR) is 115 cm³/mol. The van der Waals surface area contributed by atoms with Gasteiger partial charge in [0, 0.05) is 36.9 Å². The van der Waals surface area contributed by atoms with Gasteiger partial charge in [0.1, 0.15) is 5.60 Å². The third-order valence-corrected chi connectivity index (χ3v) is 5.11. The van der Waals surface area contributed by atoms with Gasteiger partial charge in [0.15, 0.2) is 0 Å². The van der Waals surface area contributed by atoms with Gasteiger partial charge in [-0.2, -0.15) is 0 Å². The van der Waals surface area contributed by atoms with Crippen LogP contribution in [0.1, 0.15) is 43.9 Å². The number of carbonyl (C=O) groups is 1. The highest BCUT2D eigenvalue weighted by Gasteiger charge is 2.24. The summed E-state index contributed by atoms with van der Waals surface area (Å²) in [6.07, 6.45) is 4.59. The fourth-order valence-electron chi connectivity index (χ4n) is 2.76. The number of aryl methyl sites for hydroxylation is 1. The van der Waals surface area contributed by atoms with Crippen LogP contribution in [0, 0.1) is 12.3 Å². The number of benzene rings is 1. The van der Waals surface area contributed by atoms with Crippen molar-refractivity contribution in [2.45, 2.75) is 39.7 Å². The minimum atomic E-state index is -0.471. The molecule has 1 unspecified atom stereocenters. The zero-order valence-corrected chi connectivity index (χ0v) is 18.2. The number of ether oxygens (including phenoxy) is 1. The molecule has 0 radical (unpaired) electrons. The smallest absolute Gasteiger partial charge is 0.410 e. The van der Waals surface area contributed by atoms with Crippen molar-refractivity contribution < 1.29 is 9.53 Å². The molecule has 1 aliphatic heterocycles. The van der Waals surface area contributed by atoms with Crippen LogP contribution in [-0.2, 0) is 4.74 Å². The van der Waals surface area contributed by atoms with Crippen molar-refractivity contribution >= 4 is 52.0 Å². The van der Waals surface area contributed by atoms with Crippen LogP contribution in [-0.4, -0.2) is 35.9 Å². The number of carbonyl (C=O) groups excluding carboxylic acids is 1. The largest absolute Gasteiger partial charge is 0.444 e. The summed E-state index contributed by atoms with van der Waals surface area (Å²) in [5, 5.41) is 10.9. The topological polar surface area (TPSA) is 65.4 Å². The van der Waals surface area contributed by atoms with Crippen molar-refractivity contribution in [2.75, 3.05) is 18.2 Å². The van der Waals surface area contributed by atoms with Crippen LogP contribution >= 0.6 is 28.4 Å². The van der Waals surface area contributed by atoms with E-state index in [1.807, 2.05) is 26.8 Å². The second-order valence-electron chi connectivity index (χ2n) is 7.02. The van der Waals surface area contributed by atoms with Crippen LogP contribution in [0.2, 0.25) is 0 Å². The first-order valence-electron chi connectivity index (χ1n) is 8.19. The van der Waals surface area contributed by atoms with Crippen molar-refractivity contribution in [3.8, 4) is 0 Å². The molecule has 136 valence electrons. The van der Waals surface area contributed by atoms with Gasteiger partial charge >= 0.3 is 6.09 Å². The zero-order valence-electron chi connectivity index (χ0n) is 15.1. The molecule has 0 saturated heterocycles. The van der Waals surface area contributed by atoms with Gasteiger partial charge in [-0.05, 0) is 85.0 Å². The first kappa shape index (κ1) is 20.2. The molecule has 1 amide bonds. The number of anilines is 1. The van der Waals surface area contributed by atoms with E-state index in [-0.39, 0.29) is 6.09 Å². The van der Waals surface area contributed by atoms with Gasteiger partial charge < -0.3 is 20.1 Å². The van der Waals surface area contributed by atoms with Gasteiger partial charge in [-0.15, -0.1) is 0 Å². The van der Waals surface area contributed by atoms with Gasteiger partial charge in [0.25, 0.3) is 0 Å². The Hall–Kier alpha value is -1.14. The second-order valence-corrected chi connectivity index (χ2v) is 9.08. The predicted octanol–water partition coefficient (Wildman–Crippen LogP) is 5.37. The standard InChI is InChI=1S/C18H25IN3O2P/c1-12-9-14(11-20)16(21-25-19)10-15(12)13-5-7-22(8-6-13)17(23)24-18(2,3)4/h5,9-11,20-21,25H,6-8H2,1-4H3. The highest BCUT2D eigenvalue weighted by atomic mass is 127. The first-order chi connectivity index (χ1) is 11.7. The van der Waals surface area contributed by atoms with Gasteiger partial charge in [-0.3, -0.25) is 0 Å². The molecule has 25 heavy (non-hydrogen) atoms. The van der Waals surface area contributed by atoms with Crippen molar-refractivity contribution in [3.05, 3.63) is 34.9 Å². The van der Waals surface area contributed by atoms with E-state index in [2.05, 4.69) is 46.2 Å². The van der Waals surface area contributed by atoms with Crippen molar-refractivity contribution in [2.24, 2.45) is 0 Å². The number of amides is 1. The number of hydrogen-bond donors (Lipinski definition) is 2. The lowest BCUT2D eigenvalue weighted by molar-refractivity contribution is 0.0270. The first-order valence-corrected chi connectivity index (χ1v) is 12.3. The van der Waals surface area contributed by atoms with E-state index in [0.717, 1.165) is 23.2 Å². The van der Waals surface area contributed by atoms with E-state index in [1.54, 1.807) is 4.90 Å². The normalized spacial score (nSPS) is 15.2. The highest BCUT2D eigenvalue weighted by molar-refractivity contribution is 14.2. The van der Waals surface area contributed by atoms with Crippen LogP contribution in [0.3, 0.4) is 0 Å². The fraction of sp³-hybridized carbons (Fsp3) is 0.444. The van der Waals surface area contributed by atoms with Gasteiger partial charge in [0.05, 0.1) is 0 Å². The lowest BCUT2D eigenvalue weighted by Crippen LogP contribution is -2.39. The molecule has 1 heterocycles. The van der Waals surface area contributed by atoms with Gasteiger partial charge in [-0.1, -0.05) is 6.08 Å². The molecule has 7 heteroatoms. The number of hydrogen-bond acceptors (Lipinski definition) is 4. The summed E-state index contributed by atoms with van der Waals surface area (Å²) in [4.78, 5) is 13.9. The molecule has 2 rings (SSSR count). The van der Waals surface area contributed by atoms with E-state index in [0.29, 0.717) is 19.5 Å². The van der Waals surface area contributed by atoms with E-state index in [9.17, 15) is 4.79 Å². The minimum Gasteiger partial charge on any atom is -0.444 e. The highest BCUT2D eigenvalue weighted by Crippen LogP contribution is 2.33. The second kappa shape index (κ2) is 8.49. The molecule has 0 aliphatic carbocycles. The molecule has 1 aromatic rings. The molecule has 2 N–H and O–H groups in total. The maximum atomic E-state index is 12.2. The van der Waals surface area contributed by atoms with E-state index in [4.69, 9.17) is 10.1 Å².